The van der Waals surface area contributed by atoms with Crippen molar-refractivity contribution in [2.75, 3.05) is 0 Å². The van der Waals surface area contributed by atoms with Gasteiger partial charge in [-0.25, -0.2) is 4.39 Å². The summed E-state index contributed by atoms with van der Waals surface area (Å²) in [5.74, 6) is -0.304. The van der Waals surface area contributed by atoms with Crippen LogP contribution in [-0.4, -0.2) is 11.9 Å². The number of nitrogens with one attached hydrogen (secondary N) is 1. The van der Waals surface area contributed by atoms with Crippen molar-refractivity contribution in [1.29, 1.82) is 0 Å². The van der Waals surface area contributed by atoms with Crippen LogP contribution < -0.4 is 5.32 Å². The second kappa shape index (κ2) is 11.0. The van der Waals surface area contributed by atoms with E-state index in [1.807, 2.05) is 0 Å². The third kappa shape index (κ3) is 7.76. The van der Waals surface area contributed by atoms with Crippen molar-refractivity contribution >= 4 is 12.0 Å². The summed E-state index contributed by atoms with van der Waals surface area (Å²) >= 11 is 0. The fourth-order valence-electron chi connectivity index (χ4n) is 3.30. The Morgan fingerprint density at radius 2 is 1.38 bits per heavy atom. The van der Waals surface area contributed by atoms with Gasteiger partial charge in [0.25, 0.3) is 0 Å². The lowest BCUT2D eigenvalue weighted by atomic mass is 9.98. The predicted octanol–water partition coefficient (Wildman–Crippen LogP) is 5.63. The molecule has 1 fully saturated rings. The third-order valence-corrected chi connectivity index (χ3v) is 4.75. The zero-order valence-electron chi connectivity index (χ0n) is 14.6. The van der Waals surface area contributed by atoms with E-state index in [0.29, 0.717) is 0 Å². The first-order valence-electron chi connectivity index (χ1n) is 9.48. The molecule has 0 heterocycles. The quantitative estimate of drug-likeness (QED) is 0.715. The Morgan fingerprint density at radius 1 is 0.875 bits per heavy atom. The number of carbonyl (C=O) groups excluding carboxylic acids is 1. The molecule has 24 heavy (non-hydrogen) atoms. The molecule has 1 amide bonds. The van der Waals surface area contributed by atoms with E-state index in [1.54, 1.807) is 24.3 Å². The van der Waals surface area contributed by atoms with Crippen molar-refractivity contribution < 1.29 is 9.18 Å². The molecule has 0 radical (unpaired) electrons. The fourth-order valence-corrected chi connectivity index (χ4v) is 3.30. The first kappa shape index (κ1) is 18.7. The number of carbonyl (C=O) groups is 1. The van der Waals surface area contributed by atoms with Gasteiger partial charge in [-0.15, -0.1) is 0 Å². The monoisotopic (exact) mass is 331 g/mol. The van der Waals surface area contributed by atoms with Gasteiger partial charge in [-0.3, -0.25) is 4.79 Å². The van der Waals surface area contributed by atoms with E-state index in [9.17, 15) is 9.18 Å². The van der Waals surface area contributed by atoms with Gasteiger partial charge >= 0.3 is 0 Å². The second-order valence-electron chi connectivity index (χ2n) is 6.85. The van der Waals surface area contributed by atoms with E-state index in [4.69, 9.17) is 0 Å². The summed E-state index contributed by atoms with van der Waals surface area (Å²) in [5.41, 5.74) is 0.838. The maximum absolute atomic E-state index is 12.9. The number of amides is 1. The molecule has 1 saturated carbocycles. The molecular formula is C21H30FNO. The second-order valence-corrected chi connectivity index (χ2v) is 6.85. The molecule has 1 aliphatic carbocycles. The molecule has 1 aliphatic rings. The molecule has 0 atom stereocenters. The molecule has 1 aromatic carbocycles. The van der Waals surface area contributed by atoms with Gasteiger partial charge in [-0.05, 0) is 36.6 Å². The normalized spacial score (nSPS) is 18.7. The van der Waals surface area contributed by atoms with E-state index in [1.165, 1.54) is 69.9 Å². The van der Waals surface area contributed by atoms with E-state index < -0.39 is 0 Å². The average molecular weight is 331 g/mol. The lowest BCUT2D eigenvalue weighted by molar-refractivity contribution is -0.117. The van der Waals surface area contributed by atoms with Crippen molar-refractivity contribution in [3.8, 4) is 0 Å². The highest BCUT2D eigenvalue weighted by Crippen LogP contribution is 2.17. The molecule has 3 heteroatoms. The average Bonchev–Trinajstić information content (AvgIpc) is 2.57. The highest BCUT2D eigenvalue weighted by molar-refractivity contribution is 5.91. The van der Waals surface area contributed by atoms with Crippen LogP contribution >= 0.6 is 0 Å². The zero-order valence-corrected chi connectivity index (χ0v) is 14.6. The Bertz CT molecular complexity index is 497. The van der Waals surface area contributed by atoms with Crippen LogP contribution in [0.3, 0.4) is 0 Å². The van der Waals surface area contributed by atoms with Crippen molar-refractivity contribution in [3.63, 3.8) is 0 Å². The Kier molecular flexibility index (Phi) is 8.58. The van der Waals surface area contributed by atoms with Crippen LogP contribution in [0, 0.1) is 5.82 Å². The molecular weight excluding hydrogens is 301 g/mol. The molecule has 0 unspecified atom stereocenters. The highest BCUT2D eigenvalue weighted by atomic mass is 19.1. The summed E-state index contributed by atoms with van der Waals surface area (Å²) in [6.45, 7) is 0. The first-order valence-corrected chi connectivity index (χ1v) is 9.48. The van der Waals surface area contributed by atoms with Gasteiger partial charge in [0.15, 0.2) is 0 Å². The van der Waals surface area contributed by atoms with E-state index >= 15 is 0 Å². The molecule has 0 aliphatic heterocycles. The van der Waals surface area contributed by atoms with Crippen LogP contribution in [-0.2, 0) is 4.79 Å². The molecule has 0 spiro atoms. The topological polar surface area (TPSA) is 29.1 Å². The smallest absolute Gasteiger partial charge is 0.244 e. The zero-order chi connectivity index (χ0) is 17.0. The van der Waals surface area contributed by atoms with Gasteiger partial charge < -0.3 is 5.32 Å². The van der Waals surface area contributed by atoms with Gasteiger partial charge in [0.05, 0.1) is 0 Å². The minimum absolute atomic E-state index is 0.0450. The van der Waals surface area contributed by atoms with E-state index in [2.05, 4.69) is 5.32 Å². The highest BCUT2D eigenvalue weighted by Gasteiger charge is 2.11. The molecule has 2 rings (SSSR count). The minimum atomic E-state index is -0.259. The molecule has 0 bridgehead atoms. The van der Waals surface area contributed by atoms with Gasteiger partial charge in [-0.2, -0.15) is 0 Å². The van der Waals surface area contributed by atoms with Crippen molar-refractivity contribution in [2.45, 2.75) is 76.7 Å². The lowest BCUT2D eigenvalue weighted by Crippen LogP contribution is -2.33. The summed E-state index contributed by atoms with van der Waals surface area (Å²) in [4.78, 5) is 12.2. The van der Waals surface area contributed by atoms with Crippen LogP contribution in [0.15, 0.2) is 30.3 Å². The predicted molar refractivity (Wildman–Crippen MR) is 98.2 cm³/mol. The van der Waals surface area contributed by atoms with Crippen molar-refractivity contribution in [1.82, 2.24) is 5.32 Å². The maximum Gasteiger partial charge on any atom is 0.244 e. The van der Waals surface area contributed by atoms with Crippen LogP contribution in [0.25, 0.3) is 6.08 Å². The number of benzene rings is 1. The van der Waals surface area contributed by atoms with E-state index in [-0.39, 0.29) is 17.8 Å². The first-order chi connectivity index (χ1) is 11.7. The molecule has 1 N–H and O–H groups in total. The van der Waals surface area contributed by atoms with Gasteiger partial charge in [0.2, 0.25) is 5.91 Å². The standard InChI is InChI=1S/C21H30FNO/c22-19-15-12-18(13-16-19)14-17-21(24)23-20-10-8-6-4-2-1-3-5-7-9-11-20/h12-17,20H,1-11H2,(H,23,24)/b17-14+. The third-order valence-electron chi connectivity index (χ3n) is 4.75. The van der Waals surface area contributed by atoms with Gasteiger partial charge in [0.1, 0.15) is 5.82 Å². The molecule has 0 aromatic heterocycles. The summed E-state index contributed by atoms with van der Waals surface area (Å²) in [7, 11) is 0. The van der Waals surface area contributed by atoms with E-state index in [0.717, 1.165) is 18.4 Å². The number of hydrogen-bond acceptors (Lipinski definition) is 1. The molecule has 1 aromatic rings. The van der Waals surface area contributed by atoms with Gasteiger partial charge in [-0.1, -0.05) is 69.9 Å². The largest absolute Gasteiger partial charge is 0.350 e. The lowest BCUT2D eigenvalue weighted by Gasteiger charge is -2.18. The van der Waals surface area contributed by atoms with Crippen LogP contribution in [0.5, 0.6) is 0 Å². The van der Waals surface area contributed by atoms with Crippen LogP contribution in [0.4, 0.5) is 4.39 Å². The fraction of sp³-hybridized carbons (Fsp3) is 0.571. The Labute approximate surface area is 145 Å². The summed E-state index contributed by atoms with van der Waals surface area (Å²) in [6.07, 6.45) is 17.2. The number of rotatable bonds is 3. The van der Waals surface area contributed by atoms with Crippen LogP contribution in [0.2, 0.25) is 0 Å². The van der Waals surface area contributed by atoms with Gasteiger partial charge in [0, 0.05) is 12.1 Å². The summed E-state index contributed by atoms with van der Waals surface area (Å²) in [5, 5.41) is 3.15. The van der Waals surface area contributed by atoms with Crippen molar-refractivity contribution in [3.05, 3.63) is 41.7 Å². The SMILES string of the molecule is O=C(/C=C/c1ccc(F)cc1)NC1CCCCCCCCCCC1. The minimum Gasteiger partial charge on any atom is -0.350 e. The summed E-state index contributed by atoms with van der Waals surface area (Å²) < 4.78 is 12.9. The maximum atomic E-state index is 12.9. The Morgan fingerprint density at radius 3 is 1.92 bits per heavy atom. The number of hydrogen-bond donors (Lipinski definition) is 1. The Balaban J connectivity index is 1.81. The molecule has 0 saturated heterocycles. The summed E-state index contributed by atoms with van der Waals surface area (Å²) in [6, 6.07) is 6.45. The number of halogens is 1. The van der Waals surface area contributed by atoms with Crippen LogP contribution in [0.1, 0.15) is 76.2 Å². The molecule has 132 valence electrons. The van der Waals surface area contributed by atoms with Crippen molar-refractivity contribution in [2.24, 2.45) is 0 Å². The Hall–Kier alpha value is -1.64. The molecule has 2 nitrogen and oxygen atoms in total.